The molecule has 0 radical (unpaired) electrons. The maximum Gasteiger partial charge on any atom is 0.325 e. The number of methoxy groups -OCH3 is 3. The van der Waals surface area contributed by atoms with E-state index >= 15 is 0 Å². The Balaban J connectivity index is 1.92. The van der Waals surface area contributed by atoms with Crippen molar-refractivity contribution in [2.24, 2.45) is 10.8 Å². The standard InChI is InChI=1S/C23H25FN4O6/c1-32-17-8-14(9-18(10-17)33-2)12-27(13-21(29)34-3)23(31)19-11-20(22(25)30)28(26-19)16-6-4-15(24)5-7-16/h4-10,20H,11-13H2,1-3H3,(H2,25,30). The van der Waals surface area contributed by atoms with E-state index in [4.69, 9.17) is 19.9 Å². The first kappa shape index (κ1) is 24.5. The van der Waals surface area contributed by atoms with Crippen LogP contribution in [0.2, 0.25) is 0 Å². The summed E-state index contributed by atoms with van der Waals surface area (Å²) < 4.78 is 28.6. The van der Waals surface area contributed by atoms with Gasteiger partial charge in [-0.15, -0.1) is 0 Å². The van der Waals surface area contributed by atoms with Crippen LogP contribution in [0.4, 0.5) is 10.1 Å². The highest BCUT2D eigenvalue weighted by atomic mass is 19.1. The average molecular weight is 472 g/mol. The topological polar surface area (TPSA) is 124 Å². The first-order valence-corrected chi connectivity index (χ1v) is 10.2. The number of halogens is 1. The van der Waals surface area contributed by atoms with E-state index in [0.29, 0.717) is 22.7 Å². The normalized spacial score (nSPS) is 14.9. The summed E-state index contributed by atoms with van der Waals surface area (Å²) >= 11 is 0. The number of carbonyl (C=O) groups excluding carboxylic acids is 3. The number of nitrogens with two attached hydrogens (primary N) is 1. The highest BCUT2D eigenvalue weighted by Crippen LogP contribution is 2.27. The third-order valence-corrected chi connectivity index (χ3v) is 5.20. The Morgan fingerprint density at radius 1 is 1.09 bits per heavy atom. The second-order valence-electron chi connectivity index (χ2n) is 7.45. The molecule has 3 rings (SSSR count). The Morgan fingerprint density at radius 3 is 2.24 bits per heavy atom. The fraction of sp³-hybridized carbons (Fsp3) is 0.304. The molecule has 1 heterocycles. The van der Waals surface area contributed by atoms with Gasteiger partial charge in [0.25, 0.3) is 5.91 Å². The Hall–Kier alpha value is -4.15. The van der Waals surface area contributed by atoms with Crippen molar-refractivity contribution in [1.82, 2.24) is 4.90 Å². The molecule has 2 N–H and O–H groups in total. The van der Waals surface area contributed by atoms with Gasteiger partial charge in [-0.1, -0.05) is 0 Å². The summed E-state index contributed by atoms with van der Waals surface area (Å²) in [6.45, 7) is -0.343. The molecule has 1 unspecified atom stereocenters. The number of rotatable bonds is 9. The van der Waals surface area contributed by atoms with Crippen LogP contribution in [0, 0.1) is 5.82 Å². The number of ether oxygens (including phenoxy) is 3. The predicted molar refractivity (Wildman–Crippen MR) is 121 cm³/mol. The second kappa shape index (κ2) is 10.6. The summed E-state index contributed by atoms with van der Waals surface area (Å²) in [7, 11) is 4.21. The molecule has 1 aliphatic heterocycles. The summed E-state index contributed by atoms with van der Waals surface area (Å²) in [5.74, 6) is -1.36. The number of amides is 2. The number of benzene rings is 2. The first-order chi connectivity index (χ1) is 16.2. The molecule has 0 aromatic heterocycles. The maximum atomic E-state index is 13.4. The van der Waals surface area contributed by atoms with Crippen molar-refractivity contribution in [3.8, 4) is 11.5 Å². The number of esters is 1. The van der Waals surface area contributed by atoms with Crippen LogP contribution >= 0.6 is 0 Å². The highest BCUT2D eigenvalue weighted by Gasteiger charge is 2.37. The lowest BCUT2D eigenvalue weighted by Gasteiger charge is -2.22. The largest absolute Gasteiger partial charge is 0.497 e. The summed E-state index contributed by atoms with van der Waals surface area (Å²) in [5.41, 5.74) is 6.58. The molecule has 10 nitrogen and oxygen atoms in total. The maximum absolute atomic E-state index is 13.4. The first-order valence-electron chi connectivity index (χ1n) is 10.2. The van der Waals surface area contributed by atoms with E-state index in [9.17, 15) is 18.8 Å². The predicted octanol–water partition coefficient (Wildman–Crippen LogP) is 1.46. The van der Waals surface area contributed by atoms with Gasteiger partial charge in [-0.05, 0) is 42.0 Å². The molecule has 0 fully saturated rings. The fourth-order valence-electron chi connectivity index (χ4n) is 3.47. The summed E-state index contributed by atoms with van der Waals surface area (Å²) in [6, 6.07) is 9.41. The molecule has 0 spiro atoms. The van der Waals surface area contributed by atoms with Crippen LogP contribution in [0.5, 0.6) is 11.5 Å². The van der Waals surface area contributed by atoms with Crippen LogP contribution < -0.4 is 20.2 Å². The van der Waals surface area contributed by atoms with Gasteiger partial charge in [0.05, 0.1) is 27.0 Å². The molecule has 34 heavy (non-hydrogen) atoms. The second-order valence-corrected chi connectivity index (χ2v) is 7.45. The van der Waals surface area contributed by atoms with Gasteiger partial charge in [-0.25, -0.2) is 4.39 Å². The van der Waals surface area contributed by atoms with Crippen molar-refractivity contribution in [3.05, 3.63) is 53.8 Å². The minimum Gasteiger partial charge on any atom is -0.497 e. The molecule has 0 saturated heterocycles. The lowest BCUT2D eigenvalue weighted by Crippen LogP contribution is -2.41. The summed E-state index contributed by atoms with van der Waals surface area (Å²) in [5, 5.41) is 5.57. The molecule has 11 heteroatoms. The monoisotopic (exact) mass is 472 g/mol. The average Bonchev–Trinajstić information content (AvgIpc) is 3.29. The zero-order valence-corrected chi connectivity index (χ0v) is 19.0. The Morgan fingerprint density at radius 2 is 1.71 bits per heavy atom. The van der Waals surface area contributed by atoms with Crippen molar-refractivity contribution >= 4 is 29.2 Å². The fourth-order valence-corrected chi connectivity index (χ4v) is 3.47. The van der Waals surface area contributed by atoms with Gasteiger partial charge in [0, 0.05) is 19.0 Å². The Bertz CT molecular complexity index is 1080. The van der Waals surface area contributed by atoms with Gasteiger partial charge >= 0.3 is 5.97 Å². The summed E-state index contributed by atoms with van der Waals surface area (Å²) in [4.78, 5) is 38.7. The zero-order valence-electron chi connectivity index (χ0n) is 19.0. The Labute approximate surface area is 195 Å². The van der Waals surface area contributed by atoms with Crippen LogP contribution in [0.3, 0.4) is 0 Å². The van der Waals surface area contributed by atoms with E-state index in [1.54, 1.807) is 18.2 Å². The number of carbonyl (C=O) groups is 3. The minimum atomic E-state index is -0.943. The third kappa shape index (κ3) is 5.61. The van der Waals surface area contributed by atoms with Gasteiger partial charge in [0.1, 0.15) is 35.6 Å². The van der Waals surface area contributed by atoms with Crippen LogP contribution in [-0.4, -0.2) is 62.3 Å². The number of hydrazone groups is 1. The molecule has 0 bridgehead atoms. The molecule has 0 saturated carbocycles. The van der Waals surface area contributed by atoms with Gasteiger partial charge in [-0.3, -0.25) is 19.4 Å². The van der Waals surface area contributed by atoms with Crippen LogP contribution in [0.1, 0.15) is 12.0 Å². The van der Waals surface area contributed by atoms with Gasteiger partial charge in [0.15, 0.2) is 0 Å². The number of anilines is 1. The van der Waals surface area contributed by atoms with E-state index in [1.807, 2.05) is 0 Å². The molecular weight excluding hydrogens is 447 g/mol. The van der Waals surface area contributed by atoms with Crippen LogP contribution in [-0.2, 0) is 25.7 Å². The molecular formula is C23H25FN4O6. The molecule has 2 aromatic carbocycles. The molecule has 2 amide bonds. The van der Waals surface area contributed by atoms with Crippen molar-refractivity contribution in [1.29, 1.82) is 0 Å². The summed E-state index contributed by atoms with van der Waals surface area (Å²) in [6.07, 6.45) is -0.0787. The van der Waals surface area contributed by atoms with Gasteiger partial charge < -0.3 is 24.8 Å². The Kier molecular flexibility index (Phi) is 7.67. The van der Waals surface area contributed by atoms with E-state index in [2.05, 4.69) is 5.10 Å². The molecule has 1 atom stereocenters. The lowest BCUT2D eigenvalue weighted by molar-refractivity contribution is -0.145. The van der Waals surface area contributed by atoms with E-state index in [1.165, 1.54) is 55.5 Å². The lowest BCUT2D eigenvalue weighted by atomic mass is 10.1. The van der Waals surface area contributed by atoms with Gasteiger partial charge in [0.2, 0.25) is 5.91 Å². The molecule has 0 aliphatic carbocycles. The smallest absolute Gasteiger partial charge is 0.325 e. The molecule has 1 aliphatic rings. The highest BCUT2D eigenvalue weighted by molar-refractivity contribution is 6.40. The zero-order chi connectivity index (χ0) is 24.8. The van der Waals surface area contributed by atoms with Crippen molar-refractivity contribution in [3.63, 3.8) is 0 Å². The third-order valence-electron chi connectivity index (χ3n) is 5.20. The van der Waals surface area contributed by atoms with Crippen LogP contribution in [0.15, 0.2) is 47.6 Å². The number of hydrogen-bond acceptors (Lipinski definition) is 8. The number of primary amides is 1. The van der Waals surface area contributed by atoms with Crippen molar-refractivity contribution < 1.29 is 33.0 Å². The SMILES string of the molecule is COC(=O)CN(Cc1cc(OC)cc(OC)c1)C(=O)C1=NN(c2ccc(F)cc2)C(C(N)=O)C1. The number of nitrogens with zero attached hydrogens (tertiary/aromatic N) is 3. The minimum absolute atomic E-state index is 0.0122. The number of hydrogen-bond donors (Lipinski definition) is 1. The van der Waals surface area contributed by atoms with Crippen molar-refractivity contribution in [2.75, 3.05) is 32.9 Å². The molecule has 180 valence electrons. The van der Waals surface area contributed by atoms with E-state index in [0.717, 1.165) is 0 Å². The van der Waals surface area contributed by atoms with E-state index in [-0.39, 0.29) is 25.2 Å². The van der Waals surface area contributed by atoms with Gasteiger partial charge in [-0.2, -0.15) is 5.10 Å². The van der Waals surface area contributed by atoms with Crippen LogP contribution in [0.25, 0.3) is 0 Å². The van der Waals surface area contributed by atoms with E-state index < -0.39 is 29.6 Å². The quantitative estimate of drug-likeness (QED) is 0.548. The molecule has 2 aromatic rings. The van der Waals surface area contributed by atoms with Crippen molar-refractivity contribution in [2.45, 2.75) is 19.0 Å².